The van der Waals surface area contributed by atoms with Crippen molar-refractivity contribution in [1.82, 2.24) is 4.57 Å². The second-order valence-corrected chi connectivity index (χ2v) is 6.97. The number of aldehydes is 1. The number of hydrogen-bond donors (Lipinski definition) is 2. The van der Waals surface area contributed by atoms with Gasteiger partial charge >= 0.3 is 0 Å². The van der Waals surface area contributed by atoms with Crippen LogP contribution in [0.3, 0.4) is 0 Å². The molecule has 0 aliphatic heterocycles. The minimum absolute atomic E-state index is 0.233. The van der Waals surface area contributed by atoms with E-state index >= 15 is 0 Å². The molecule has 0 saturated heterocycles. The Kier molecular flexibility index (Phi) is 7.76. The van der Waals surface area contributed by atoms with Gasteiger partial charge in [0, 0.05) is 29.3 Å². The molecule has 0 spiro atoms. The molecule has 2 N–H and O–H groups in total. The third-order valence-electron chi connectivity index (χ3n) is 4.90. The predicted octanol–water partition coefficient (Wildman–Crippen LogP) is 5.30. The highest BCUT2D eigenvalue weighted by molar-refractivity contribution is 6.00. The fourth-order valence-corrected chi connectivity index (χ4v) is 3.50. The maximum atomic E-state index is 13.0. The molecule has 1 atom stereocenters. The number of aliphatic hydroxyl groups excluding tert-OH is 2. The van der Waals surface area contributed by atoms with Crippen molar-refractivity contribution in [2.45, 2.75) is 26.4 Å². The fraction of sp³-hybridized carbons (Fsp3) is 0.192. The van der Waals surface area contributed by atoms with Crippen molar-refractivity contribution in [2.24, 2.45) is 0 Å². The molecule has 0 bridgehead atoms. The lowest BCUT2D eigenvalue weighted by Crippen LogP contribution is -2.14. The van der Waals surface area contributed by atoms with E-state index in [0.717, 1.165) is 28.4 Å². The Hall–Kier alpha value is -3.48. The van der Waals surface area contributed by atoms with Crippen LogP contribution in [0.2, 0.25) is 0 Å². The summed E-state index contributed by atoms with van der Waals surface area (Å²) >= 11 is 0. The normalized spacial score (nSPS) is 11.5. The predicted molar refractivity (Wildman–Crippen MR) is 123 cm³/mol. The quantitative estimate of drug-likeness (QED) is 0.387. The van der Waals surface area contributed by atoms with Crippen molar-refractivity contribution in [1.29, 1.82) is 0 Å². The van der Waals surface area contributed by atoms with Crippen molar-refractivity contribution < 1.29 is 24.1 Å². The molecule has 1 heterocycles. The van der Waals surface area contributed by atoms with Crippen LogP contribution in [-0.4, -0.2) is 33.8 Å². The Morgan fingerprint density at radius 1 is 1.00 bits per heavy atom. The number of aromatic nitrogens is 1. The molecule has 32 heavy (non-hydrogen) atoms. The molecule has 1 aromatic heterocycles. The minimum Gasteiger partial charge on any atom is -0.457 e. The first-order valence-electron chi connectivity index (χ1n) is 10.5. The summed E-state index contributed by atoms with van der Waals surface area (Å²) in [6.07, 6.45) is 1.99. The van der Waals surface area contributed by atoms with Crippen molar-refractivity contribution >= 4 is 17.2 Å². The highest BCUT2D eigenvalue weighted by atomic mass is 19.1. The van der Waals surface area contributed by atoms with Gasteiger partial charge in [-0.1, -0.05) is 26.0 Å². The SMILES string of the molecule is CC.O=Cc1cccc2c1c(CC(O)CO)cn2-c1ccc(Oc2ccc(F)cc2)cc1. The van der Waals surface area contributed by atoms with Gasteiger partial charge in [0.15, 0.2) is 6.29 Å². The molecule has 4 aromatic rings. The lowest BCUT2D eigenvalue weighted by atomic mass is 10.0. The van der Waals surface area contributed by atoms with Crippen molar-refractivity contribution in [2.75, 3.05) is 6.61 Å². The molecule has 1 unspecified atom stereocenters. The summed E-state index contributed by atoms with van der Waals surface area (Å²) in [6, 6.07) is 18.6. The van der Waals surface area contributed by atoms with E-state index in [1.54, 1.807) is 36.4 Å². The first-order valence-corrected chi connectivity index (χ1v) is 10.5. The molecular weight excluding hydrogens is 409 g/mol. The average Bonchev–Trinajstić information content (AvgIpc) is 3.20. The second kappa shape index (κ2) is 10.7. The Morgan fingerprint density at radius 2 is 1.62 bits per heavy atom. The fourth-order valence-electron chi connectivity index (χ4n) is 3.50. The van der Waals surface area contributed by atoms with Gasteiger partial charge in [-0.3, -0.25) is 4.79 Å². The van der Waals surface area contributed by atoms with Crippen LogP contribution in [0.4, 0.5) is 4.39 Å². The van der Waals surface area contributed by atoms with E-state index in [2.05, 4.69) is 0 Å². The molecule has 166 valence electrons. The summed E-state index contributed by atoms with van der Waals surface area (Å²) in [5.74, 6) is 0.812. The number of aliphatic hydroxyl groups is 2. The molecule has 0 amide bonds. The summed E-state index contributed by atoms with van der Waals surface area (Å²) in [5, 5.41) is 19.9. The maximum Gasteiger partial charge on any atom is 0.150 e. The van der Waals surface area contributed by atoms with Gasteiger partial charge in [-0.15, -0.1) is 0 Å². The van der Waals surface area contributed by atoms with Crippen molar-refractivity contribution in [3.05, 3.63) is 89.9 Å². The number of carbonyl (C=O) groups is 1. The Balaban J connectivity index is 0.00000141. The van der Waals surface area contributed by atoms with E-state index in [-0.39, 0.29) is 18.8 Å². The van der Waals surface area contributed by atoms with Gasteiger partial charge in [-0.25, -0.2) is 4.39 Å². The molecule has 5 nitrogen and oxygen atoms in total. The monoisotopic (exact) mass is 435 g/mol. The van der Waals surface area contributed by atoms with Gasteiger partial charge in [0.25, 0.3) is 0 Å². The number of halogens is 1. The zero-order chi connectivity index (χ0) is 23.1. The van der Waals surface area contributed by atoms with Crippen LogP contribution >= 0.6 is 0 Å². The molecule has 0 fully saturated rings. The van der Waals surface area contributed by atoms with Crippen LogP contribution in [0.1, 0.15) is 29.8 Å². The summed E-state index contributed by atoms with van der Waals surface area (Å²) in [7, 11) is 0. The Bertz CT molecular complexity index is 1170. The topological polar surface area (TPSA) is 71.7 Å². The summed E-state index contributed by atoms with van der Waals surface area (Å²) in [6.45, 7) is 3.64. The van der Waals surface area contributed by atoms with Gasteiger partial charge in [0.05, 0.1) is 18.2 Å². The van der Waals surface area contributed by atoms with Crippen LogP contribution in [0.15, 0.2) is 72.9 Å². The maximum absolute atomic E-state index is 13.0. The van der Waals surface area contributed by atoms with Crippen LogP contribution in [0.5, 0.6) is 11.5 Å². The molecule has 0 aliphatic rings. The molecule has 4 rings (SSSR count). The smallest absolute Gasteiger partial charge is 0.150 e. The first-order chi connectivity index (χ1) is 15.6. The number of benzene rings is 3. The molecule has 6 heteroatoms. The second-order valence-electron chi connectivity index (χ2n) is 6.97. The largest absolute Gasteiger partial charge is 0.457 e. The number of rotatable bonds is 7. The number of nitrogens with zero attached hydrogens (tertiary/aromatic N) is 1. The molecule has 0 saturated carbocycles. The van der Waals surface area contributed by atoms with Gasteiger partial charge < -0.3 is 19.5 Å². The first kappa shape index (κ1) is 23.2. The molecule has 3 aromatic carbocycles. The highest BCUT2D eigenvalue weighted by Crippen LogP contribution is 2.30. The molecular formula is C26H26FNO4. The zero-order valence-electron chi connectivity index (χ0n) is 18.0. The van der Waals surface area contributed by atoms with E-state index in [9.17, 15) is 19.4 Å². The summed E-state index contributed by atoms with van der Waals surface area (Å²) in [5.41, 5.74) is 2.98. The van der Waals surface area contributed by atoms with E-state index in [0.29, 0.717) is 17.1 Å². The van der Waals surface area contributed by atoms with Gasteiger partial charge in [-0.05, 0) is 60.2 Å². The highest BCUT2D eigenvalue weighted by Gasteiger charge is 2.16. The Labute approximate surface area is 186 Å². The van der Waals surface area contributed by atoms with Crippen LogP contribution in [0.25, 0.3) is 16.6 Å². The van der Waals surface area contributed by atoms with Gasteiger partial charge in [-0.2, -0.15) is 0 Å². The average molecular weight is 435 g/mol. The Morgan fingerprint density at radius 3 is 2.22 bits per heavy atom. The van der Waals surface area contributed by atoms with Crippen molar-refractivity contribution in [3.63, 3.8) is 0 Å². The van der Waals surface area contributed by atoms with Gasteiger partial charge in [0.2, 0.25) is 0 Å². The third kappa shape index (κ3) is 5.04. The minimum atomic E-state index is -0.907. The van der Waals surface area contributed by atoms with Gasteiger partial charge in [0.1, 0.15) is 17.3 Å². The van der Waals surface area contributed by atoms with Crippen molar-refractivity contribution in [3.8, 4) is 17.2 Å². The molecule has 0 radical (unpaired) electrons. The van der Waals surface area contributed by atoms with Crippen LogP contribution < -0.4 is 4.74 Å². The summed E-state index contributed by atoms with van der Waals surface area (Å²) in [4.78, 5) is 11.6. The molecule has 0 aliphatic carbocycles. The third-order valence-corrected chi connectivity index (χ3v) is 4.90. The number of ether oxygens (including phenoxy) is 1. The number of hydrogen-bond acceptors (Lipinski definition) is 4. The number of fused-ring (bicyclic) bond motifs is 1. The van der Waals surface area contributed by atoms with E-state index < -0.39 is 6.10 Å². The number of carbonyl (C=O) groups excluding carboxylic acids is 1. The lowest BCUT2D eigenvalue weighted by molar-refractivity contribution is 0.0957. The standard InChI is InChI=1S/C24H20FNO4.C2H6/c25-18-4-8-21(9-5-18)30-22-10-6-19(7-11-22)26-13-17(12-20(29)15-28)24-16(14-27)2-1-3-23(24)26;1-2/h1-11,13-14,20,28-29H,12,15H2;1-2H3. The lowest BCUT2D eigenvalue weighted by Gasteiger charge is -2.09. The zero-order valence-corrected chi connectivity index (χ0v) is 18.0. The summed E-state index contributed by atoms with van der Waals surface area (Å²) < 4.78 is 20.7. The van der Waals surface area contributed by atoms with E-state index in [4.69, 9.17) is 4.74 Å². The van der Waals surface area contributed by atoms with E-state index in [1.807, 2.05) is 42.8 Å². The van der Waals surface area contributed by atoms with Crippen LogP contribution in [0, 0.1) is 5.82 Å². The van der Waals surface area contributed by atoms with E-state index in [1.165, 1.54) is 12.1 Å². The van der Waals surface area contributed by atoms with Crippen LogP contribution in [-0.2, 0) is 6.42 Å².